The van der Waals surface area contributed by atoms with Crippen LogP contribution < -0.4 is 0 Å². The number of ether oxygens (including phenoxy) is 1. The molecule has 0 bridgehead atoms. The normalized spacial score (nSPS) is 22.9. The fraction of sp³-hybridized carbons (Fsp3) is 1.00. The maximum absolute atomic E-state index is 10.7. The lowest BCUT2D eigenvalue weighted by Crippen LogP contribution is -2.21. The molecule has 0 amide bonds. The fourth-order valence-corrected chi connectivity index (χ4v) is 0.902. The number of halogens is 3. The van der Waals surface area contributed by atoms with Crippen LogP contribution in [0.2, 0.25) is 0 Å². The summed E-state index contributed by atoms with van der Waals surface area (Å²) >= 11 is 0. The summed E-state index contributed by atoms with van der Waals surface area (Å²) in [6.45, 7) is 3.13. The first-order chi connectivity index (χ1) is 6.64. The minimum Gasteiger partial charge on any atom is -0.379 e. The van der Waals surface area contributed by atoms with Crippen LogP contribution in [0, 0.1) is 0 Å². The van der Waals surface area contributed by atoms with Crippen molar-refractivity contribution < 1.29 is 30.9 Å². The summed E-state index contributed by atoms with van der Waals surface area (Å²) in [5.41, 5.74) is -5.53. The Kier molecular flexibility index (Phi) is 5.54. The molecule has 8 heteroatoms. The molecule has 0 aromatic heterocycles. The molecule has 1 aliphatic rings. The van der Waals surface area contributed by atoms with Gasteiger partial charge in [-0.2, -0.15) is 21.6 Å². The van der Waals surface area contributed by atoms with E-state index in [0.29, 0.717) is 6.10 Å². The van der Waals surface area contributed by atoms with Crippen molar-refractivity contribution in [2.24, 2.45) is 0 Å². The lowest BCUT2D eigenvalue weighted by Gasteiger charge is -2.17. The topological polar surface area (TPSA) is 63.6 Å². The van der Waals surface area contributed by atoms with E-state index < -0.39 is 15.6 Å². The summed E-state index contributed by atoms with van der Waals surface area (Å²) in [5.74, 6) is 0. The highest BCUT2D eigenvalue weighted by Crippen LogP contribution is 2.20. The van der Waals surface area contributed by atoms with Crippen molar-refractivity contribution >= 4 is 10.1 Å². The van der Waals surface area contributed by atoms with Crippen molar-refractivity contribution in [3.63, 3.8) is 0 Å². The van der Waals surface area contributed by atoms with E-state index in [1.807, 2.05) is 0 Å². The van der Waals surface area contributed by atoms with E-state index >= 15 is 0 Å². The molecular weight excluding hydrogens is 237 g/mol. The Morgan fingerprint density at radius 3 is 1.93 bits per heavy atom. The van der Waals surface area contributed by atoms with E-state index in [1.54, 1.807) is 0 Å². The van der Waals surface area contributed by atoms with Gasteiger partial charge in [-0.3, -0.25) is 4.55 Å². The second-order valence-corrected chi connectivity index (χ2v) is 4.51. The molecule has 92 valence electrons. The van der Waals surface area contributed by atoms with Gasteiger partial charge in [0.05, 0.1) is 6.10 Å². The number of hydrogen-bond acceptors (Lipinski definition) is 3. The molecule has 15 heavy (non-hydrogen) atoms. The molecule has 0 saturated carbocycles. The van der Waals surface area contributed by atoms with E-state index in [9.17, 15) is 13.2 Å². The summed E-state index contributed by atoms with van der Waals surface area (Å²) in [6, 6.07) is 0. The average molecular weight is 250 g/mol. The van der Waals surface area contributed by atoms with Crippen LogP contribution >= 0.6 is 0 Å². The van der Waals surface area contributed by atoms with Crippen molar-refractivity contribution in [1.29, 1.82) is 0 Å². The summed E-state index contributed by atoms with van der Waals surface area (Å²) in [4.78, 5) is 0. The van der Waals surface area contributed by atoms with Gasteiger partial charge in [-0.15, -0.1) is 0 Å². The van der Waals surface area contributed by atoms with Gasteiger partial charge in [0, 0.05) is 6.61 Å². The third-order valence-electron chi connectivity index (χ3n) is 1.70. The standard InChI is InChI=1S/C6H12O.CHF3O3S/c1-6-4-2-3-5-7-6;2-1(3,4)8(5,6)7/h6H,2-5H2,1H3;(H,5,6,7). The predicted octanol–water partition coefficient (Wildman–Crippen LogP) is 1.97. The smallest absolute Gasteiger partial charge is 0.379 e. The predicted molar refractivity (Wildman–Crippen MR) is 46.9 cm³/mol. The van der Waals surface area contributed by atoms with Gasteiger partial charge in [-0.05, 0) is 26.2 Å². The Morgan fingerprint density at radius 1 is 1.33 bits per heavy atom. The maximum atomic E-state index is 10.7. The van der Waals surface area contributed by atoms with E-state index in [4.69, 9.17) is 17.7 Å². The van der Waals surface area contributed by atoms with Crippen molar-refractivity contribution in [1.82, 2.24) is 0 Å². The molecule has 1 heterocycles. The van der Waals surface area contributed by atoms with Crippen molar-refractivity contribution in [2.75, 3.05) is 6.61 Å². The van der Waals surface area contributed by atoms with Gasteiger partial charge in [0.1, 0.15) is 0 Å². The second kappa shape index (κ2) is 5.66. The first-order valence-corrected chi connectivity index (χ1v) is 5.74. The van der Waals surface area contributed by atoms with Gasteiger partial charge < -0.3 is 4.74 Å². The lowest BCUT2D eigenvalue weighted by molar-refractivity contribution is -0.0510. The highest BCUT2D eigenvalue weighted by molar-refractivity contribution is 7.86. The third-order valence-corrected chi connectivity index (χ3v) is 2.28. The van der Waals surface area contributed by atoms with Crippen LogP contribution in [0.4, 0.5) is 13.2 Å². The zero-order valence-corrected chi connectivity index (χ0v) is 8.94. The van der Waals surface area contributed by atoms with Gasteiger partial charge in [-0.1, -0.05) is 0 Å². The molecule has 1 rings (SSSR count). The summed E-state index contributed by atoms with van der Waals surface area (Å²) in [6.07, 6.45) is 4.43. The molecule has 1 N–H and O–H groups in total. The highest BCUT2D eigenvalue weighted by atomic mass is 32.2. The van der Waals surface area contributed by atoms with E-state index in [0.717, 1.165) is 6.61 Å². The molecule has 1 saturated heterocycles. The molecule has 0 spiro atoms. The van der Waals surface area contributed by atoms with Crippen molar-refractivity contribution in [2.45, 2.75) is 37.8 Å². The zero-order chi connectivity index (χ0) is 12.1. The number of hydrogen-bond donors (Lipinski definition) is 1. The summed E-state index contributed by atoms with van der Waals surface area (Å²) in [7, 11) is -5.84. The number of rotatable bonds is 0. The first kappa shape index (κ1) is 14.7. The third kappa shape index (κ3) is 6.69. The van der Waals surface area contributed by atoms with Crippen LogP contribution in [0.25, 0.3) is 0 Å². The molecule has 0 aliphatic carbocycles. The minimum atomic E-state index is -5.84. The Hall–Kier alpha value is -0.340. The monoisotopic (exact) mass is 250 g/mol. The molecule has 0 radical (unpaired) electrons. The number of alkyl halides is 3. The fourth-order valence-electron chi connectivity index (χ4n) is 0.902. The molecule has 0 aromatic carbocycles. The zero-order valence-electron chi connectivity index (χ0n) is 8.12. The molecule has 4 nitrogen and oxygen atoms in total. The Morgan fingerprint density at radius 2 is 1.80 bits per heavy atom. The average Bonchev–Trinajstić information content (AvgIpc) is 2.02. The van der Waals surface area contributed by atoms with Gasteiger partial charge >= 0.3 is 15.6 Å². The van der Waals surface area contributed by atoms with Crippen LogP contribution in [0.5, 0.6) is 0 Å². The van der Waals surface area contributed by atoms with Gasteiger partial charge in [0.25, 0.3) is 0 Å². The largest absolute Gasteiger partial charge is 0.522 e. The lowest BCUT2D eigenvalue weighted by atomic mass is 10.1. The van der Waals surface area contributed by atoms with Gasteiger partial charge in [0.2, 0.25) is 0 Å². The van der Waals surface area contributed by atoms with Crippen LogP contribution in [-0.2, 0) is 14.9 Å². The Bertz CT molecular complexity index is 266. The Labute approximate surface area is 86.2 Å². The molecule has 0 aromatic rings. The van der Waals surface area contributed by atoms with Gasteiger partial charge in [0.15, 0.2) is 0 Å². The second-order valence-electron chi connectivity index (χ2n) is 3.10. The Balaban J connectivity index is 0.000000262. The summed E-state index contributed by atoms with van der Waals surface area (Å²) in [5, 5.41) is 0. The first-order valence-electron chi connectivity index (χ1n) is 4.30. The SMILES string of the molecule is CC1CCCCO1.O=S(=O)(O)C(F)(F)F. The quantitative estimate of drug-likeness (QED) is 0.527. The van der Waals surface area contributed by atoms with Gasteiger partial charge in [-0.25, -0.2) is 0 Å². The molecule has 1 unspecified atom stereocenters. The van der Waals surface area contributed by atoms with Crippen LogP contribution in [0.15, 0.2) is 0 Å². The van der Waals surface area contributed by atoms with Crippen molar-refractivity contribution in [3.05, 3.63) is 0 Å². The molecule has 1 aliphatic heterocycles. The van der Waals surface area contributed by atoms with Crippen molar-refractivity contribution in [3.8, 4) is 0 Å². The van der Waals surface area contributed by atoms with E-state index in [1.165, 1.54) is 19.3 Å². The van der Waals surface area contributed by atoms with E-state index in [-0.39, 0.29) is 0 Å². The maximum Gasteiger partial charge on any atom is 0.522 e. The molecule has 1 atom stereocenters. The molecule has 1 fully saturated rings. The van der Waals surface area contributed by atoms with Crippen LogP contribution in [0.1, 0.15) is 26.2 Å². The summed E-state index contributed by atoms with van der Waals surface area (Å²) < 4.78 is 62.8. The van der Waals surface area contributed by atoms with Crippen LogP contribution in [0.3, 0.4) is 0 Å². The molecular formula is C7H13F3O4S. The minimum absolute atomic E-state index is 0.536. The highest BCUT2D eigenvalue weighted by Gasteiger charge is 2.44. The van der Waals surface area contributed by atoms with E-state index in [2.05, 4.69) is 6.92 Å². The van der Waals surface area contributed by atoms with Crippen LogP contribution in [-0.4, -0.2) is 31.2 Å².